The summed E-state index contributed by atoms with van der Waals surface area (Å²) in [6.07, 6.45) is 11.7. The van der Waals surface area contributed by atoms with Crippen molar-refractivity contribution in [1.82, 2.24) is 5.32 Å². The average molecular weight is 540 g/mol. The molecule has 3 N–H and O–H groups in total. The Balaban J connectivity index is 1.36. The predicted molar refractivity (Wildman–Crippen MR) is 161 cm³/mol. The van der Waals surface area contributed by atoms with E-state index in [1.807, 2.05) is 18.2 Å². The van der Waals surface area contributed by atoms with Gasteiger partial charge in [-0.15, -0.1) is 0 Å². The van der Waals surface area contributed by atoms with Crippen molar-refractivity contribution in [2.45, 2.75) is 91.5 Å². The van der Waals surface area contributed by atoms with Crippen molar-refractivity contribution >= 4 is 18.6 Å². The van der Waals surface area contributed by atoms with Crippen molar-refractivity contribution in [3.63, 3.8) is 0 Å². The molecular weight excluding hydrogens is 494 g/mol. The fraction of sp³-hybridized carbons (Fsp3) is 0.528. The first kappa shape index (κ1) is 27.2. The molecule has 2 aromatic carbocycles. The lowest BCUT2D eigenvalue weighted by atomic mass is 9.34. The van der Waals surface area contributed by atoms with Gasteiger partial charge in [-0.25, -0.2) is 0 Å². The molecule has 0 radical (unpaired) electrons. The zero-order valence-corrected chi connectivity index (χ0v) is 24.9. The lowest BCUT2D eigenvalue weighted by molar-refractivity contribution is -0.167. The standard InChI is InChI=1S/C36H45NO3/c1-23-25-12-13-28-34(4,26(25)20-27(38)30(23)39)17-19-36(6)29-21-33(3,15-14-32(29,2)16-18-35(28,36)5)31(40)37-22-24-10-8-7-9-11-24/h7-13,20,29,38-39H,1,14-19,21-22H2,2-6H3,(H,37,40)/t29-,32-,33-,34+,35-,36+/m1/s1. The van der Waals surface area contributed by atoms with Gasteiger partial charge in [-0.3, -0.25) is 4.79 Å². The molecule has 6 atom stereocenters. The molecule has 212 valence electrons. The number of aromatic hydroxyl groups is 2. The lowest BCUT2D eigenvalue weighted by Crippen LogP contribution is -2.63. The number of benzene rings is 2. The van der Waals surface area contributed by atoms with Crippen LogP contribution in [0.15, 0.2) is 48.0 Å². The maximum absolute atomic E-state index is 13.7. The summed E-state index contributed by atoms with van der Waals surface area (Å²) in [6.45, 7) is 16.7. The van der Waals surface area contributed by atoms with Gasteiger partial charge in [0, 0.05) is 22.6 Å². The number of carbonyl (C=O) groups excluding carboxylic acids is 1. The van der Waals surface area contributed by atoms with Gasteiger partial charge in [0.15, 0.2) is 11.5 Å². The van der Waals surface area contributed by atoms with E-state index in [1.54, 1.807) is 6.07 Å². The molecule has 6 rings (SSSR count). The Labute approximate surface area is 238 Å². The van der Waals surface area contributed by atoms with Gasteiger partial charge in [0.05, 0.1) is 0 Å². The number of amides is 1. The molecule has 0 unspecified atom stereocenters. The molecule has 0 bridgehead atoms. The van der Waals surface area contributed by atoms with Crippen LogP contribution in [-0.2, 0) is 16.8 Å². The highest BCUT2D eigenvalue weighted by Gasteiger charge is 2.66. The smallest absolute Gasteiger partial charge is 0.226 e. The summed E-state index contributed by atoms with van der Waals surface area (Å²) in [4.78, 5) is 13.7. The van der Waals surface area contributed by atoms with E-state index in [0.29, 0.717) is 17.7 Å². The summed E-state index contributed by atoms with van der Waals surface area (Å²) in [6, 6.07) is 12.0. The third-order valence-corrected chi connectivity index (χ3v) is 12.6. The maximum atomic E-state index is 13.7. The monoisotopic (exact) mass is 539 g/mol. The molecule has 3 saturated carbocycles. The van der Waals surface area contributed by atoms with Crippen molar-refractivity contribution in [2.75, 3.05) is 0 Å². The number of rotatable bonds is 3. The molecule has 0 aliphatic heterocycles. The van der Waals surface area contributed by atoms with E-state index in [4.69, 9.17) is 0 Å². The average Bonchev–Trinajstić information content (AvgIpc) is 2.94. The van der Waals surface area contributed by atoms with E-state index in [9.17, 15) is 15.0 Å². The minimum atomic E-state index is -0.382. The molecule has 1 amide bonds. The van der Waals surface area contributed by atoms with Gasteiger partial charge < -0.3 is 15.5 Å². The highest BCUT2D eigenvalue weighted by molar-refractivity contribution is 5.82. The van der Waals surface area contributed by atoms with Gasteiger partial charge in [0.2, 0.25) is 5.91 Å². The van der Waals surface area contributed by atoms with Crippen LogP contribution in [0.5, 0.6) is 11.5 Å². The second-order valence-electron chi connectivity index (χ2n) is 14.7. The van der Waals surface area contributed by atoms with E-state index >= 15 is 0 Å². The summed E-state index contributed by atoms with van der Waals surface area (Å²) in [5.41, 5.74) is 3.28. The fourth-order valence-corrected chi connectivity index (χ4v) is 9.57. The third kappa shape index (κ3) is 3.60. The Morgan fingerprint density at radius 1 is 0.950 bits per heavy atom. The van der Waals surface area contributed by atoms with Crippen molar-refractivity contribution in [3.8, 4) is 11.5 Å². The molecule has 4 aliphatic carbocycles. The summed E-state index contributed by atoms with van der Waals surface area (Å²) >= 11 is 0. The number of phenols is 2. The molecule has 2 aromatic rings. The van der Waals surface area contributed by atoms with Crippen LogP contribution < -0.4 is 15.8 Å². The Morgan fingerprint density at radius 2 is 1.65 bits per heavy atom. The largest absolute Gasteiger partial charge is 0.504 e. The highest BCUT2D eigenvalue weighted by Crippen LogP contribution is 2.74. The second-order valence-corrected chi connectivity index (χ2v) is 14.7. The quantitative estimate of drug-likeness (QED) is 0.406. The topological polar surface area (TPSA) is 69.6 Å². The molecule has 0 heterocycles. The minimum absolute atomic E-state index is 0.0357. The third-order valence-electron chi connectivity index (χ3n) is 12.6. The van der Waals surface area contributed by atoms with E-state index in [1.165, 1.54) is 5.57 Å². The number of phenolic OH excluding ortho intramolecular Hbond substituents is 2. The summed E-state index contributed by atoms with van der Waals surface area (Å²) in [5, 5.41) is 25.7. The van der Waals surface area contributed by atoms with Gasteiger partial charge in [-0.2, -0.15) is 0 Å². The van der Waals surface area contributed by atoms with Crippen molar-refractivity contribution < 1.29 is 15.0 Å². The minimum Gasteiger partial charge on any atom is -0.504 e. The molecule has 0 aromatic heterocycles. The second kappa shape index (κ2) is 8.74. The van der Waals surface area contributed by atoms with Crippen LogP contribution in [0.4, 0.5) is 0 Å². The summed E-state index contributed by atoms with van der Waals surface area (Å²) in [7, 11) is 0. The van der Waals surface area contributed by atoms with E-state index in [-0.39, 0.29) is 44.5 Å². The maximum Gasteiger partial charge on any atom is 0.226 e. The van der Waals surface area contributed by atoms with Gasteiger partial charge in [-0.05, 0) is 89.5 Å². The van der Waals surface area contributed by atoms with Gasteiger partial charge in [-0.1, -0.05) is 89.3 Å². The van der Waals surface area contributed by atoms with Crippen molar-refractivity contribution in [1.29, 1.82) is 0 Å². The molecule has 3 fully saturated rings. The van der Waals surface area contributed by atoms with Crippen molar-refractivity contribution in [3.05, 3.63) is 69.6 Å². The van der Waals surface area contributed by atoms with Crippen LogP contribution in [0.2, 0.25) is 0 Å². The molecular formula is C36H45NO3. The van der Waals surface area contributed by atoms with Crippen LogP contribution >= 0.6 is 0 Å². The molecule has 4 heteroatoms. The number of hydrogen-bond acceptors (Lipinski definition) is 3. The number of fused-ring (bicyclic) bond motifs is 7. The van der Waals surface area contributed by atoms with E-state index in [0.717, 1.165) is 61.3 Å². The van der Waals surface area contributed by atoms with Crippen LogP contribution in [0.3, 0.4) is 0 Å². The molecule has 0 saturated heterocycles. The summed E-state index contributed by atoms with van der Waals surface area (Å²) < 4.78 is 0. The van der Waals surface area contributed by atoms with Crippen LogP contribution in [0.1, 0.15) is 90.7 Å². The molecule has 4 aliphatic rings. The van der Waals surface area contributed by atoms with Gasteiger partial charge >= 0.3 is 0 Å². The first-order valence-corrected chi connectivity index (χ1v) is 15.1. The number of allylic oxidation sites excluding steroid dienone is 2. The first-order valence-electron chi connectivity index (χ1n) is 15.1. The fourth-order valence-electron chi connectivity index (χ4n) is 9.57. The summed E-state index contributed by atoms with van der Waals surface area (Å²) in [5.74, 6) is 0.414. The number of nitrogens with one attached hydrogen (secondary N) is 1. The van der Waals surface area contributed by atoms with E-state index in [2.05, 4.69) is 70.8 Å². The normalized spacial score (nSPS) is 38.0. The van der Waals surface area contributed by atoms with Crippen LogP contribution in [0.25, 0.3) is 12.7 Å². The highest BCUT2D eigenvalue weighted by atomic mass is 16.3. The van der Waals surface area contributed by atoms with Crippen molar-refractivity contribution in [2.24, 2.45) is 27.6 Å². The zero-order chi connectivity index (χ0) is 28.7. The van der Waals surface area contributed by atoms with E-state index < -0.39 is 0 Å². The SMILES string of the molecule is C=c1c(O)c(O)cc2c1=CC=C1[C@@]2(C)CC[C@@]2(C)[C@@H]3C[C@](C)(C(=O)NCc4ccccc4)CC[C@]3(C)CC[C@]12C. The zero-order valence-electron chi connectivity index (χ0n) is 24.9. The lowest BCUT2D eigenvalue weighted by Gasteiger charge is -2.69. The predicted octanol–water partition coefficient (Wildman–Crippen LogP) is 6.22. The Bertz CT molecular complexity index is 1530. The molecule has 0 spiro atoms. The number of hydrogen-bond donors (Lipinski definition) is 3. The Morgan fingerprint density at radius 3 is 2.38 bits per heavy atom. The number of carbonyl (C=O) groups is 1. The molecule has 40 heavy (non-hydrogen) atoms. The van der Waals surface area contributed by atoms with Gasteiger partial charge in [0.1, 0.15) is 0 Å². The Kier molecular flexibility index (Phi) is 5.94. The van der Waals surface area contributed by atoms with Gasteiger partial charge in [0.25, 0.3) is 0 Å². The Hall–Kier alpha value is -3.01. The van der Waals surface area contributed by atoms with Crippen LogP contribution in [0, 0.1) is 27.6 Å². The first-order chi connectivity index (χ1) is 18.8. The molecule has 4 nitrogen and oxygen atoms in total. The van der Waals surface area contributed by atoms with Crippen LogP contribution in [-0.4, -0.2) is 16.1 Å².